The molecule has 0 saturated carbocycles. The van der Waals surface area contributed by atoms with Crippen molar-refractivity contribution in [3.63, 3.8) is 0 Å². The molecule has 4 rings (SSSR count). The van der Waals surface area contributed by atoms with Crippen molar-refractivity contribution in [2.75, 3.05) is 26.2 Å². The van der Waals surface area contributed by atoms with Crippen molar-refractivity contribution in [1.82, 2.24) is 9.62 Å². The number of nitrogens with zero attached hydrogens (tertiary/aromatic N) is 1. The van der Waals surface area contributed by atoms with Crippen molar-refractivity contribution < 1.29 is 22.7 Å². The van der Waals surface area contributed by atoms with E-state index in [4.69, 9.17) is 21.1 Å². The van der Waals surface area contributed by atoms with Crippen molar-refractivity contribution in [3.8, 4) is 11.5 Å². The number of nitrogens with one attached hydrogen (secondary N) is 1. The van der Waals surface area contributed by atoms with E-state index in [1.54, 1.807) is 24.3 Å². The van der Waals surface area contributed by atoms with Gasteiger partial charge in [0.25, 0.3) is 0 Å². The minimum atomic E-state index is -3.43. The Bertz CT molecular complexity index is 1020. The number of rotatable bonds is 6. The molecular weight excluding hydrogens is 440 g/mol. The van der Waals surface area contributed by atoms with Gasteiger partial charge in [-0.1, -0.05) is 35.9 Å². The Morgan fingerprint density at radius 2 is 1.74 bits per heavy atom. The number of hydrogen-bond donors (Lipinski definition) is 1. The fourth-order valence-corrected chi connectivity index (χ4v) is 5.49. The summed E-state index contributed by atoms with van der Waals surface area (Å²) in [5.74, 6) is 1.03. The van der Waals surface area contributed by atoms with Crippen molar-refractivity contribution in [2.45, 2.75) is 24.7 Å². The van der Waals surface area contributed by atoms with Crippen LogP contribution < -0.4 is 14.8 Å². The van der Waals surface area contributed by atoms with Gasteiger partial charge in [-0.25, -0.2) is 12.7 Å². The van der Waals surface area contributed by atoms with Gasteiger partial charge < -0.3 is 14.8 Å². The second kappa shape index (κ2) is 9.46. The number of ether oxygens (including phenoxy) is 2. The molecule has 2 aliphatic rings. The van der Waals surface area contributed by atoms with E-state index in [1.165, 1.54) is 4.31 Å². The number of sulfonamides is 1. The van der Waals surface area contributed by atoms with Gasteiger partial charge >= 0.3 is 0 Å². The number of piperidine rings is 1. The number of fused-ring (bicyclic) bond motifs is 1. The van der Waals surface area contributed by atoms with Gasteiger partial charge in [0.2, 0.25) is 15.9 Å². The maximum absolute atomic E-state index is 12.7. The average molecular weight is 465 g/mol. The Morgan fingerprint density at radius 1 is 1.06 bits per heavy atom. The summed E-state index contributed by atoms with van der Waals surface area (Å²) in [6.07, 6.45) is 0.742. The third kappa shape index (κ3) is 5.50. The number of para-hydroxylation sites is 2. The first-order chi connectivity index (χ1) is 14.9. The smallest absolute Gasteiger partial charge is 0.223 e. The standard InChI is InChI=1S/C22H25ClN2O5S/c23-18-7-5-16(6-8-18)15-31(27,28)25-11-9-17(10-12-25)22(26)24-13-19-14-29-20-3-1-2-4-21(20)30-19/h1-8,17,19H,9-15H2,(H,24,26). The minimum absolute atomic E-state index is 0.0679. The van der Waals surface area contributed by atoms with Gasteiger partial charge in [0.1, 0.15) is 12.7 Å². The molecular formula is C22H25ClN2O5S. The Morgan fingerprint density at radius 3 is 2.45 bits per heavy atom. The summed E-state index contributed by atoms with van der Waals surface area (Å²) in [6, 6.07) is 14.2. The zero-order chi connectivity index (χ0) is 21.8. The molecule has 1 amide bonds. The number of hydrogen-bond acceptors (Lipinski definition) is 5. The maximum Gasteiger partial charge on any atom is 0.223 e. The number of halogens is 1. The van der Waals surface area contributed by atoms with Crippen molar-refractivity contribution >= 4 is 27.5 Å². The van der Waals surface area contributed by atoms with Crippen LogP contribution in [0.25, 0.3) is 0 Å². The van der Waals surface area contributed by atoms with Crippen molar-refractivity contribution in [2.24, 2.45) is 5.92 Å². The second-order valence-electron chi connectivity index (χ2n) is 7.80. The Hall–Kier alpha value is -2.29. The first-order valence-corrected chi connectivity index (χ1v) is 12.3. The molecule has 1 fully saturated rings. The highest BCUT2D eigenvalue weighted by Gasteiger charge is 2.31. The first-order valence-electron chi connectivity index (χ1n) is 10.3. The summed E-state index contributed by atoms with van der Waals surface area (Å²) < 4.78 is 38.4. The van der Waals surface area contributed by atoms with Gasteiger partial charge in [0.15, 0.2) is 11.5 Å². The lowest BCUT2D eigenvalue weighted by atomic mass is 9.97. The fourth-order valence-electron chi connectivity index (χ4n) is 3.80. The summed E-state index contributed by atoms with van der Waals surface area (Å²) in [7, 11) is -3.43. The summed E-state index contributed by atoms with van der Waals surface area (Å²) in [6.45, 7) is 1.40. The van der Waals surface area contributed by atoms with E-state index in [9.17, 15) is 13.2 Å². The van der Waals surface area contributed by atoms with Crippen LogP contribution in [0.15, 0.2) is 48.5 Å². The SMILES string of the molecule is O=C(NCC1COc2ccccc2O1)C1CCN(S(=O)(=O)Cc2ccc(Cl)cc2)CC1. The van der Waals surface area contributed by atoms with Crippen LogP contribution in [-0.2, 0) is 20.6 Å². The topological polar surface area (TPSA) is 84.9 Å². The summed E-state index contributed by atoms with van der Waals surface area (Å²) in [5.41, 5.74) is 0.695. The van der Waals surface area contributed by atoms with Gasteiger partial charge in [-0.2, -0.15) is 0 Å². The van der Waals surface area contributed by atoms with E-state index in [1.807, 2.05) is 24.3 Å². The summed E-state index contributed by atoms with van der Waals surface area (Å²) >= 11 is 5.86. The van der Waals surface area contributed by atoms with E-state index in [-0.39, 0.29) is 23.7 Å². The predicted octanol–water partition coefficient (Wildman–Crippen LogP) is 2.84. The van der Waals surface area contributed by atoms with Gasteiger partial charge in [-0.15, -0.1) is 0 Å². The zero-order valence-corrected chi connectivity index (χ0v) is 18.6. The Kier molecular flexibility index (Phi) is 6.69. The Labute approximate surface area is 187 Å². The molecule has 1 saturated heterocycles. The molecule has 2 heterocycles. The monoisotopic (exact) mass is 464 g/mol. The van der Waals surface area contributed by atoms with Crippen LogP contribution in [0, 0.1) is 5.92 Å². The molecule has 2 aromatic carbocycles. The highest BCUT2D eigenvalue weighted by atomic mass is 35.5. The quantitative estimate of drug-likeness (QED) is 0.710. The molecule has 1 unspecified atom stereocenters. The van der Waals surface area contributed by atoms with E-state index < -0.39 is 10.0 Å². The number of carbonyl (C=O) groups excluding carboxylic acids is 1. The van der Waals surface area contributed by atoms with Gasteiger partial charge in [-0.05, 0) is 42.7 Å². The van der Waals surface area contributed by atoms with Crippen LogP contribution in [0.2, 0.25) is 5.02 Å². The lowest BCUT2D eigenvalue weighted by Crippen LogP contribution is -2.46. The highest BCUT2D eigenvalue weighted by Crippen LogP contribution is 2.30. The number of carbonyl (C=O) groups is 1. The summed E-state index contributed by atoms with van der Waals surface area (Å²) in [4.78, 5) is 12.6. The second-order valence-corrected chi connectivity index (χ2v) is 10.2. The first kappa shape index (κ1) is 21.9. The van der Waals surface area contributed by atoms with Gasteiger partial charge in [0.05, 0.1) is 12.3 Å². The molecule has 2 aliphatic heterocycles. The van der Waals surface area contributed by atoms with Crippen molar-refractivity contribution in [3.05, 3.63) is 59.1 Å². The van der Waals surface area contributed by atoms with Crippen LogP contribution in [0.1, 0.15) is 18.4 Å². The lowest BCUT2D eigenvalue weighted by Gasteiger charge is -2.31. The Balaban J connectivity index is 1.24. The number of amides is 1. The molecule has 0 spiro atoms. The van der Waals surface area contributed by atoms with Crippen molar-refractivity contribution in [1.29, 1.82) is 0 Å². The van der Waals surface area contributed by atoms with Crippen LogP contribution in [0.3, 0.4) is 0 Å². The number of benzene rings is 2. The van der Waals surface area contributed by atoms with E-state index in [0.717, 1.165) is 0 Å². The molecule has 0 aromatic heterocycles. The molecule has 31 heavy (non-hydrogen) atoms. The molecule has 1 atom stereocenters. The highest BCUT2D eigenvalue weighted by molar-refractivity contribution is 7.88. The van der Waals surface area contributed by atoms with E-state index in [0.29, 0.717) is 61.2 Å². The molecule has 0 radical (unpaired) electrons. The summed E-state index contributed by atoms with van der Waals surface area (Å²) in [5, 5.41) is 3.50. The van der Waals surface area contributed by atoms with Crippen LogP contribution >= 0.6 is 11.6 Å². The molecule has 0 aliphatic carbocycles. The third-order valence-corrected chi connectivity index (χ3v) is 7.65. The van der Waals surface area contributed by atoms with Crippen LogP contribution in [0.4, 0.5) is 0 Å². The molecule has 7 nitrogen and oxygen atoms in total. The van der Waals surface area contributed by atoms with Gasteiger partial charge in [-0.3, -0.25) is 4.79 Å². The predicted molar refractivity (Wildman–Crippen MR) is 118 cm³/mol. The van der Waals surface area contributed by atoms with Crippen LogP contribution in [-0.4, -0.2) is 51.0 Å². The minimum Gasteiger partial charge on any atom is -0.486 e. The molecule has 1 N–H and O–H groups in total. The van der Waals surface area contributed by atoms with Gasteiger partial charge in [0, 0.05) is 24.0 Å². The lowest BCUT2D eigenvalue weighted by molar-refractivity contribution is -0.126. The zero-order valence-electron chi connectivity index (χ0n) is 17.0. The molecule has 0 bridgehead atoms. The van der Waals surface area contributed by atoms with E-state index in [2.05, 4.69) is 5.32 Å². The normalized spacial score (nSPS) is 19.7. The third-order valence-electron chi connectivity index (χ3n) is 5.55. The molecule has 2 aromatic rings. The molecule has 9 heteroatoms. The van der Waals surface area contributed by atoms with Crippen LogP contribution in [0.5, 0.6) is 11.5 Å². The fraction of sp³-hybridized carbons (Fsp3) is 0.409. The largest absolute Gasteiger partial charge is 0.486 e. The maximum atomic E-state index is 12.7. The molecule has 166 valence electrons. The van der Waals surface area contributed by atoms with E-state index >= 15 is 0 Å². The average Bonchev–Trinajstić information content (AvgIpc) is 2.79.